The van der Waals surface area contributed by atoms with E-state index in [1.807, 2.05) is 0 Å². The quantitative estimate of drug-likeness (QED) is 0.513. The monoisotopic (exact) mass is 336 g/mol. The molecule has 0 aliphatic carbocycles. The van der Waals surface area contributed by atoms with E-state index in [4.69, 9.17) is 4.55 Å². The Labute approximate surface area is 132 Å². The van der Waals surface area contributed by atoms with Crippen molar-refractivity contribution in [2.45, 2.75) is 70.1 Å². The molecular weight excluding hydrogens is 310 g/mol. The fourth-order valence-electron chi connectivity index (χ4n) is 1.89. The molecule has 0 spiro atoms. The highest BCUT2D eigenvalue weighted by molar-refractivity contribution is 7.85. The average molecular weight is 336 g/mol. The third-order valence-electron chi connectivity index (χ3n) is 3.13. The molecule has 0 aliphatic heterocycles. The molecule has 128 valence electrons. The van der Waals surface area contributed by atoms with Gasteiger partial charge in [-0.2, -0.15) is 8.42 Å². The Morgan fingerprint density at radius 3 is 1.73 bits per heavy atom. The fourth-order valence-corrected chi connectivity index (χ4v) is 2.44. The number of rotatable bonds is 8. The van der Waals surface area contributed by atoms with E-state index in [9.17, 15) is 17.2 Å². The molecule has 0 fully saturated rings. The summed E-state index contributed by atoms with van der Waals surface area (Å²) in [4.78, 5) is -0.927. The molecule has 0 atom stereocenters. The normalized spacial score (nSPS) is 11.0. The first-order valence-corrected chi connectivity index (χ1v) is 9.19. The summed E-state index contributed by atoms with van der Waals surface area (Å²) in [6.45, 7) is 4.54. The van der Waals surface area contributed by atoms with Crippen LogP contribution in [0.1, 0.15) is 65.2 Å². The number of halogens is 2. The van der Waals surface area contributed by atoms with Crippen molar-refractivity contribution in [3.8, 4) is 0 Å². The highest BCUT2D eigenvalue weighted by Crippen LogP contribution is 2.14. The standard InChI is InChI=1S/C10H22.C6H4F2O3S/c1-3-5-7-9-10-8-6-4-2;7-4-1-2-6(5(8)3-4)12(9,10)11/h3-10H2,1-2H3;1-3H,(H,9,10,11). The second kappa shape index (κ2) is 11.5. The molecule has 3 nitrogen and oxygen atoms in total. The van der Waals surface area contributed by atoms with Crippen LogP contribution in [-0.4, -0.2) is 13.0 Å². The van der Waals surface area contributed by atoms with Gasteiger partial charge < -0.3 is 0 Å². The number of unbranched alkanes of at least 4 members (excludes halogenated alkanes) is 7. The second-order valence-corrected chi connectivity index (χ2v) is 6.56. The molecule has 1 aromatic carbocycles. The van der Waals surface area contributed by atoms with Crippen molar-refractivity contribution in [1.82, 2.24) is 0 Å². The first kappa shape index (κ1) is 21.0. The lowest BCUT2D eigenvalue weighted by Gasteiger charge is -1.97. The van der Waals surface area contributed by atoms with E-state index >= 15 is 0 Å². The fraction of sp³-hybridized carbons (Fsp3) is 0.625. The maximum Gasteiger partial charge on any atom is 0.297 e. The Balaban J connectivity index is 0.000000409. The number of hydrogen-bond acceptors (Lipinski definition) is 2. The van der Waals surface area contributed by atoms with Crippen LogP contribution < -0.4 is 0 Å². The average Bonchev–Trinajstić information content (AvgIpc) is 2.42. The van der Waals surface area contributed by atoms with Crippen molar-refractivity contribution in [1.29, 1.82) is 0 Å². The summed E-state index contributed by atoms with van der Waals surface area (Å²) in [5.41, 5.74) is 0. The van der Waals surface area contributed by atoms with E-state index in [2.05, 4.69) is 13.8 Å². The molecule has 0 unspecified atom stereocenters. The van der Waals surface area contributed by atoms with Crippen LogP contribution in [0.5, 0.6) is 0 Å². The van der Waals surface area contributed by atoms with Crippen molar-refractivity contribution >= 4 is 10.1 Å². The molecule has 0 aromatic heterocycles. The maximum atomic E-state index is 12.6. The summed E-state index contributed by atoms with van der Waals surface area (Å²) in [6.07, 6.45) is 11.5. The molecule has 0 bridgehead atoms. The van der Waals surface area contributed by atoms with Gasteiger partial charge in [0.15, 0.2) is 0 Å². The number of hydrogen-bond donors (Lipinski definition) is 1. The highest BCUT2D eigenvalue weighted by atomic mass is 32.2. The van der Waals surface area contributed by atoms with Crippen molar-refractivity contribution in [2.24, 2.45) is 0 Å². The van der Waals surface area contributed by atoms with Crippen LogP contribution in [0, 0.1) is 11.6 Å². The molecule has 0 amide bonds. The van der Waals surface area contributed by atoms with Crippen LogP contribution in [0.2, 0.25) is 0 Å². The summed E-state index contributed by atoms with van der Waals surface area (Å²) in [5, 5.41) is 0. The Kier molecular flexibility index (Phi) is 11.0. The summed E-state index contributed by atoms with van der Waals surface area (Å²) in [6, 6.07) is 1.77. The molecule has 0 heterocycles. The Morgan fingerprint density at radius 1 is 0.909 bits per heavy atom. The van der Waals surface area contributed by atoms with Crippen LogP contribution >= 0.6 is 0 Å². The third-order valence-corrected chi connectivity index (χ3v) is 4.02. The van der Waals surface area contributed by atoms with Crippen molar-refractivity contribution < 1.29 is 21.8 Å². The van der Waals surface area contributed by atoms with E-state index in [0.717, 1.165) is 6.07 Å². The Hall–Kier alpha value is -1.01. The molecule has 1 N–H and O–H groups in total. The predicted octanol–water partition coefficient (Wildman–Crippen LogP) is 5.36. The van der Waals surface area contributed by atoms with Crippen LogP contribution in [0.3, 0.4) is 0 Å². The zero-order chi connectivity index (χ0) is 17.0. The van der Waals surface area contributed by atoms with Crippen LogP contribution in [-0.2, 0) is 10.1 Å². The van der Waals surface area contributed by atoms with Gasteiger partial charge in [0, 0.05) is 6.07 Å². The van der Waals surface area contributed by atoms with E-state index in [-0.39, 0.29) is 0 Å². The minimum absolute atomic E-state index is 0.378. The molecule has 0 saturated heterocycles. The Morgan fingerprint density at radius 2 is 1.36 bits per heavy atom. The summed E-state index contributed by atoms with van der Waals surface area (Å²) in [7, 11) is -4.59. The molecule has 22 heavy (non-hydrogen) atoms. The first-order valence-electron chi connectivity index (χ1n) is 7.75. The van der Waals surface area contributed by atoms with Crippen LogP contribution in [0.25, 0.3) is 0 Å². The van der Waals surface area contributed by atoms with E-state index in [1.165, 1.54) is 51.4 Å². The van der Waals surface area contributed by atoms with Gasteiger partial charge in [-0.15, -0.1) is 0 Å². The second-order valence-electron chi connectivity index (χ2n) is 5.17. The molecule has 0 aliphatic rings. The lowest BCUT2D eigenvalue weighted by molar-refractivity contribution is 0.471. The topological polar surface area (TPSA) is 54.4 Å². The molecule has 1 aromatic rings. The molecule has 6 heteroatoms. The van der Waals surface area contributed by atoms with Gasteiger partial charge in [-0.3, -0.25) is 4.55 Å². The summed E-state index contributed by atoms with van der Waals surface area (Å²) in [5.74, 6) is -2.21. The van der Waals surface area contributed by atoms with Gasteiger partial charge in [-0.1, -0.05) is 65.2 Å². The van der Waals surface area contributed by atoms with E-state index in [0.29, 0.717) is 12.1 Å². The maximum absolute atomic E-state index is 12.6. The Bertz CT molecular complexity index is 508. The molecular formula is C16H26F2O3S. The van der Waals surface area contributed by atoms with Gasteiger partial charge in [0.05, 0.1) is 0 Å². The number of benzene rings is 1. The lowest BCUT2D eigenvalue weighted by atomic mass is 10.1. The first-order chi connectivity index (χ1) is 10.3. The van der Waals surface area contributed by atoms with Gasteiger partial charge in [-0.05, 0) is 12.1 Å². The molecule has 0 saturated carbocycles. The third kappa shape index (κ3) is 9.84. The molecule has 1 rings (SSSR count). The predicted molar refractivity (Wildman–Crippen MR) is 84.5 cm³/mol. The molecule has 0 radical (unpaired) electrons. The summed E-state index contributed by atoms with van der Waals surface area (Å²) >= 11 is 0. The van der Waals surface area contributed by atoms with Crippen LogP contribution in [0.15, 0.2) is 23.1 Å². The summed E-state index contributed by atoms with van der Waals surface area (Å²) < 4.78 is 53.9. The van der Waals surface area contributed by atoms with Crippen molar-refractivity contribution in [3.05, 3.63) is 29.8 Å². The van der Waals surface area contributed by atoms with E-state index < -0.39 is 26.6 Å². The van der Waals surface area contributed by atoms with Gasteiger partial charge in [0.25, 0.3) is 10.1 Å². The zero-order valence-corrected chi connectivity index (χ0v) is 14.1. The van der Waals surface area contributed by atoms with Gasteiger partial charge in [0.1, 0.15) is 16.5 Å². The largest absolute Gasteiger partial charge is 0.297 e. The minimum atomic E-state index is -4.59. The zero-order valence-electron chi connectivity index (χ0n) is 13.3. The van der Waals surface area contributed by atoms with Crippen LogP contribution in [0.4, 0.5) is 8.78 Å². The van der Waals surface area contributed by atoms with Gasteiger partial charge in [-0.25, -0.2) is 8.78 Å². The van der Waals surface area contributed by atoms with Crippen molar-refractivity contribution in [3.63, 3.8) is 0 Å². The SMILES string of the molecule is CCCCCCCCCC.O=S(=O)(O)c1ccc(F)cc1F. The van der Waals surface area contributed by atoms with Gasteiger partial charge in [0.2, 0.25) is 0 Å². The van der Waals surface area contributed by atoms with E-state index in [1.54, 1.807) is 0 Å². The van der Waals surface area contributed by atoms with Gasteiger partial charge >= 0.3 is 0 Å². The smallest absolute Gasteiger partial charge is 0.282 e. The minimum Gasteiger partial charge on any atom is -0.282 e. The highest BCUT2D eigenvalue weighted by Gasteiger charge is 2.15. The van der Waals surface area contributed by atoms with Crippen molar-refractivity contribution in [2.75, 3.05) is 0 Å². The lowest BCUT2D eigenvalue weighted by Crippen LogP contribution is -2.01.